The highest BCUT2D eigenvalue weighted by molar-refractivity contribution is 8.00. The molecule has 0 aromatic heterocycles. The number of amides is 2. The molecule has 7 heteroatoms. The van der Waals surface area contributed by atoms with Crippen LogP contribution in [0.2, 0.25) is 0 Å². The molecule has 1 aliphatic heterocycles. The van der Waals surface area contributed by atoms with Gasteiger partial charge >= 0.3 is 0 Å². The highest BCUT2D eigenvalue weighted by atomic mass is 32.2. The van der Waals surface area contributed by atoms with E-state index in [0.717, 1.165) is 26.1 Å². The maximum Gasteiger partial charge on any atom is 0.255 e. The van der Waals surface area contributed by atoms with Gasteiger partial charge in [-0.05, 0) is 73.7 Å². The van der Waals surface area contributed by atoms with Gasteiger partial charge in [0.2, 0.25) is 5.91 Å². The average molecular weight is 513 g/mol. The van der Waals surface area contributed by atoms with Crippen LogP contribution in [0, 0.1) is 0 Å². The molecule has 0 spiro atoms. The van der Waals surface area contributed by atoms with Gasteiger partial charge in [0.1, 0.15) is 5.75 Å². The molecule has 180 valence electrons. The van der Waals surface area contributed by atoms with Crippen LogP contribution in [0.4, 0.5) is 17.1 Å². The summed E-state index contributed by atoms with van der Waals surface area (Å²) in [4.78, 5) is 31.3. The van der Waals surface area contributed by atoms with Gasteiger partial charge in [-0.1, -0.05) is 42.1 Å². The fraction of sp³-hybridized carbons (Fsp3) is 0.103. The molecule has 0 aliphatic carbocycles. The van der Waals surface area contributed by atoms with Crippen LogP contribution in [0.1, 0.15) is 17.3 Å². The topological polar surface area (TPSA) is 58.6 Å². The van der Waals surface area contributed by atoms with Crippen LogP contribution in [0.3, 0.4) is 0 Å². The number of nitrogens with zero attached hydrogens (tertiary/aromatic N) is 1. The van der Waals surface area contributed by atoms with Gasteiger partial charge in [0, 0.05) is 25.9 Å². The van der Waals surface area contributed by atoms with Gasteiger partial charge in [-0.2, -0.15) is 0 Å². The predicted octanol–water partition coefficient (Wildman–Crippen LogP) is 7.26. The fourth-order valence-electron chi connectivity index (χ4n) is 3.97. The van der Waals surface area contributed by atoms with Crippen LogP contribution < -0.4 is 15.0 Å². The van der Waals surface area contributed by atoms with Crippen LogP contribution in [0.5, 0.6) is 5.75 Å². The Morgan fingerprint density at radius 3 is 2.14 bits per heavy atom. The lowest BCUT2D eigenvalue weighted by Crippen LogP contribution is -2.34. The van der Waals surface area contributed by atoms with E-state index >= 15 is 0 Å². The first-order valence-corrected chi connectivity index (χ1v) is 13.1. The number of methoxy groups -OCH3 is 1. The lowest BCUT2D eigenvalue weighted by atomic mass is 10.2. The number of hydrogen-bond donors (Lipinski definition) is 1. The molecule has 1 atom stereocenters. The minimum absolute atomic E-state index is 0.00729. The summed E-state index contributed by atoms with van der Waals surface area (Å²) in [5, 5.41) is 2.59. The van der Waals surface area contributed by atoms with Crippen LogP contribution in [0.25, 0.3) is 0 Å². The lowest BCUT2D eigenvalue weighted by molar-refractivity contribution is -0.117. The number of hydrogen-bond acceptors (Lipinski definition) is 5. The van der Waals surface area contributed by atoms with Crippen molar-refractivity contribution in [2.24, 2.45) is 0 Å². The molecule has 1 heterocycles. The summed E-state index contributed by atoms with van der Waals surface area (Å²) in [6.07, 6.45) is 0. The third-order valence-electron chi connectivity index (χ3n) is 5.76. The molecular weight excluding hydrogens is 488 g/mol. The summed E-state index contributed by atoms with van der Waals surface area (Å²) >= 11 is 3.15. The van der Waals surface area contributed by atoms with E-state index in [1.807, 2.05) is 84.6 Å². The number of fused-ring (bicyclic) bond motifs is 2. The summed E-state index contributed by atoms with van der Waals surface area (Å²) in [6, 6.07) is 30.5. The summed E-state index contributed by atoms with van der Waals surface area (Å²) in [5.74, 6) is 0.497. The Morgan fingerprint density at radius 2 is 1.50 bits per heavy atom. The number of thioether (sulfide) groups is 1. The fourth-order valence-corrected chi connectivity index (χ4v) is 6.00. The van der Waals surface area contributed by atoms with Gasteiger partial charge < -0.3 is 10.1 Å². The zero-order chi connectivity index (χ0) is 25.1. The molecule has 0 bridgehead atoms. The Bertz CT molecular complexity index is 1380. The van der Waals surface area contributed by atoms with Crippen LogP contribution in [0.15, 0.2) is 112 Å². The van der Waals surface area contributed by atoms with Crippen molar-refractivity contribution < 1.29 is 14.3 Å². The van der Waals surface area contributed by atoms with Gasteiger partial charge in [-0.15, -0.1) is 11.8 Å². The second kappa shape index (κ2) is 10.5. The van der Waals surface area contributed by atoms with E-state index in [1.54, 1.807) is 43.1 Å². The molecule has 1 N–H and O–H groups in total. The van der Waals surface area contributed by atoms with Crippen molar-refractivity contribution >= 4 is 52.4 Å². The van der Waals surface area contributed by atoms with E-state index in [4.69, 9.17) is 4.74 Å². The van der Waals surface area contributed by atoms with Gasteiger partial charge in [-0.3, -0.25) is 14.5 Å². The van der Waals surface area contributed by atoms with Crippen molar-refractivity contribution in [3.63, 3.8) is 0 Å². The normalized spacial score (nSPS) is 12.8. The van der Waals surface area contributed by atoms with Crippen LogP contribution in [-0.2, 0) is 4.79 Å². The summed E-state index contributed by atoms with van der Waals surface area (Å²) < 4.78 is 5.16. The SMILES string of the molecule is COc1ccc(C(=O)Nc2cccc(SC(C)C(=O)N3c4ccccc4Sc4ccccc43)c2)cc1. The zero-order valence-corrected chi connectivity index (χ0v) is 21.4. The predicted molar refractivity (Wildman–Crippen MR) is 147 cm³/mol. The molecule has 0 saturated heterocycles. The first-order chi connectivity index (χ1) is 17.5. The Kier molecular flexibility index (Phi) is 7.02. The average Bonchev–Trinajstić information content (AvgIpc) is 2.91. The maximum atomic E-state index is 13.7. The van der Waals surface area contributed by atoms with E-state index in [0.29, 0.717) is 17.0 Å². The molecule has 0 saturated carbocycles. The van der Waals surface area contributed by atoms with Crippen molar-refractivity contribution in [3.8, 4) is 5.75 Å². The first kappa shape index (κ1) is 24.0. The van der Waals surface area contributed by atoms with Crippen LogP contribution in [-0.4, -0.2) is 24.2 Å². The van der Waals surface area contributed by atoms with Crippen molar-refractivity contribution in [1.82, 2.24) is 0 Å². The minimum atomic E-state index is -0.346. The maximum absolute atomic E-state index is 13.7. The molecule has 0 fully saturated rings. The third-order valence-corrected chi connectivity index (χ3v) is 7.97. The monoisotopic (exact) mass is 512 g/mol. The number of para-hydroxylation sites is 2. The molecule has 2 amide bonds. The molecule has 5 rings (SSSR count). The van der Waals surface area contributed by atoms with Gasteiger partial charge in [0.05, 0.1) is 23.7 Å². The van der Waals surface area contributed by atoms with Crippen molar-refractivity contribution in [3.05, 3.63) is 103 Å². The zero-order valence-electron chi connectivity index (χ0n) is 19.8. The second-order valence-corrected chi connectivity index (χ2v) is 10.7. The summed E-state index contributed by atoms with van der Waals surface area (Å²) in [6.45, 7) is 1.92. The lowest BCUT2D eigenvalue weighted by Gasteiger charge is -2.32. The first-order valence-electron chi connectivity index (χ1n) is 11.5. The van der Waals surface area contributed by atoms with Gasteiger partial charge in [0.25, 0.3) is 5.91 Å². The molecule has 1 unspecified atom stereocenters. The number of rotatable bonds is 6. The minimum Gasteiger partial charge on any atom is -0.497 e. The van der Waals surface area contributed by atoms with Gasteiger partial charge in [-0.25, -0.2) is 0 Å². The Hall–Kier alpha value is -3.68. The number of carbonyl (C=O) groups excluding carboxylic acids is 2. The van der Waals surface area contributed by atoms with E-state index in [1.165, 1.54) is 11.8 Å². The molecular formula is C29H24N2O3S2. The van der Waals surface area contributed by atoms with E-state index in [-0.39, 0.29) is 17.1 Å². The highest BCUT2D eigenvalue weighted by Gasteiger charge is 2.31. The summed E-state index contributed by atoms with van der Waals surface area (Å²) in [7, 11) is 1.59. The summed E-state index contributed by atoms with van der Waals surface area (Å²) in [5.41, 5.74) is 3.02. The largest absolute Gasteiger partial charge is 0.497 e. The number of anilines is 3. The molecule has 0 radical (unpaired) electrons. The standard InChI is InChI=1S/C29H24N2O3S2/c1-19(29(33)31-24-10-3-5-12-26(24)36-27-13-6-4-11-25(27)31)35-23-9-7-8-21(18-23)30-28(32)20-14-16-22(34-2)17-15-20/h3-19H,1-2H3,(H,30,32). The number of ether oxygens (including phenoxy) is 1. The van der Waals surface area contributed by atoms with Crippen molar-refractivity contribution in [1.29, 1.82) is 0 Å². The van der Waals surface area contributed by atoms with E-state index < -0.39 is 0 Å². The van der Waals surface area contributed by atoms with Gasteiger partial charge in [0.15, 0.2) is 0 Å². The van der Waals surface area contributed by atoms with Crippen molar-refractivity contribution in [2.45, 2.75) is 26.9 Å². The Morgan fingerprint density at radius 1 is 0.861 bits per heavy atom. The van der Waals surface area contributed by atoms with Crippen molar-refractivity contribution in [2.75, 3.05) is 17.3 Å². The number of benzene rings is 4. The molecule has 1 aliphatic rings. The smallest absolute Gasteiger partial charge is 0.255 e. The molecule has 4 aromatic rings. The number of carbonyl (C=O) groups is 2. The highest BCUT2D eigenvalue weighted by Crippen LogP contribution is 2.48. The number of nitrogens with one attached hydrogen (secondary N) is 1. The van der Waals surface area contributed by atoms with E-state index in [2.05, 4.69) is 5.32 Å². The molecule has 4 aromatic carbocycles. The Balaban J connectivity index is 1.33. The molecule has 36 heavy (non-hydrogen) atoms. The third kappa shape index (κ3) is 4.98. The van der Waals surface area contributed by atoms with E-state index in [9.17, 15) is 9.59 Å². The van der Waals surface area contributed by atoms with Crippen LogP contribution >= 0.6 is 23.5 Å². The second-order valence-electron chi connectivity index (χ2n) is 8.18. The molecule has 5 nitrogen and oxygen atoms in total. The quantitative estimate of drug-likeness (QED) is 0.276. The Labute approximate surface area is 218 Å².